The Labute approximate surface area is 488 Å². The van der Waals surface area contributed by atoms with Gasteiger partial charge in [-0.3, -0.25) is 52.7 Å². The van der Waals surface area contributed by atoms with E-state index in [1.807, 2.05) is 38.7 Å². The predicted octanol–water partition coefficient (Wildman–Crippen LogP) is -0.0355. The fourth-order valence-electron chi connectivity index (χ4n) is 11.0. The Morgan fingerprint density at radius 3 is 2.07 bits per heavy atom. The predicted molar refractivity (Wildman–Crippen MR) is 314 cm³/mol. The first-order valence-electron chi connectivity index (χ1n) is 28.9. The van der Waals surface area contributed by atoms with Gasteiger partial charge < -0.3 is 69.4 Å². The number of aromatic hydroxyl groups is 1. The van der Waals surface area contributed by atoms with Crippen LogP contribution in [0, 0.1) is 17.8 Å². The number of hydrogen-bond donors (Lipinski definition) is 12. The van der Waals surface area contributed by atoms with Crippen LogP contribution in [-0.2, 0) is 57.7 Å². The molecule has 26 nitrogen and oxygen atoms in total. The molecule has 1 aliphatic carbocycles. The van der Waals surface area contributed by atoms with Crippen molar-refractivity contribution in [2.24, 2.45) is 39.9 Å². The number of likely N-dealkylation sites (tertiary alicyclic amines) is 1. The number of H-pyrrole nitrogens is 1. The summed E-state index contributed by atoms with van der Waals surface area (Å²) in [5, 5.41) is 29.5. The number of aromatic amines is 1. The number of nitrogens with one attached hydrogen (secondary N) is 8. The summed E-state index contributed by atoms with van der Waals surface area (Å²) in [6, 6.07) is 4.89. The molecule has 10 atom stereocenters. The Morgan fingerprint density at radius 1 is 0.798 bits per heavy atom. The number of fused-ring (bicyclic) bond motifs is 3. The first-order chi connectivity index (χ1) is 40.1. The first kappa shape index (κ1) is 64.7. The molecule has 1 aliphatic heterocycles. The van der Waals surface area contributed by atoms with Crippen molar-refractivity contribution in [3.8, 4) is 5.75 Å². The van der Waals surface area contributed by atoms with E-state index in [1.54, 1.807) is 24.3 Å². The molecule has 2 fully saturated rings. The zero-order valence-electron chi connectivity index (χ0n) is 48.8. The third kappa shape index (κ3) is 18.0. The van der Waals surface area contributed by atoms with Crippen LogP contribution in [0.3, 0.4) is 0 Å². The molecule has 2 aromatic carbocycles. The summed E-state index contributed by atoms with van der Waals surface area (Å²) in [5.74, 6) is -4.64. The smallest absolute Gasteiger partial charge is 0.261 e. The maximum absolute atomic E-state index is 14.5. The van der Waals surface area contributed by atoms with Gasteiger partial charge in [0, 0.05) is 57.8 Å². The summed E-state index contributed by atoms with van der Waals surface area (Å²) in [7, 11) is 1.45. The number of rotatable bonds is 31. The molecule has 456 valence electrons. The number of phenols is 1. The van der Waals surface area contributed by atoms with Gasteiger partial charge in [0.2, 0.25) is 47.3 Å². The third-order valence-electron chi connectivity index (χ3n) is 15.6. The average Bonchev–Trinajstić information content (AvgIpc) is 2.17. The third-order valence-corrected chi connectivity index (χ3v) is 15.6. The summed E-state index contributed by atoms with van der Waals surface area (Å²) < 4.78 is 1.14. The lowest BCUT2D eigenvalue weighted by molar-refractivity contribution is -0.139. The van der Waals surface area contributed by atoms with Crippen molar-refractivity contribution in [2.75, 3.05) is 26.7 Å². The molecule has 4 aromatic rings. The fraction of sp³-hybridized carbons (Fsp3) is 0.552. The number of carbonyl (C=O) groups is 8. The van der Waals surface area contributed by atoms with Crippen LogP contribution in [0.15, 0.2) is 71.1 Å². The molecular weight excluding hydrogens is 1080 g/mol. The van der Waals surface area contributed by atoms with Crippen molar-refractivity contribution in [1.29, 1.82) is 0 Å². The Kier molecular flexibility index (Phi) is 23.7. The monoisotopic (exact) mass is 1160 g/mol. The number of amides is 8. The highest BCUT2D eigenvalue weighted by molar-refractivity contribution is 5.96. The minimum atomic E-state index is -1.36. The van der Waals surface area contributed by atoms with Crippen LogP contribution in [0.4, 0.5) is 0 Å². The summed E-state index contributed by atoms with van der Waals surface area (Å²) in [4.78, 5) is 141. The number of likely N-dealkylation sites (N-methyl/N-ethyl adjacent to an activating group) is 1. The number of nitrogens with zero attached hydrogens (tertiary/aromatic N) is 5. The zero-order valence-corrected chi connectivity index (χ0v) is 48.8. The Morgan fingerprint density at radius 2 is 1.46 bits per heavy atom. The summed E-state index contributed by atoms with van der Waals surface area (Å²) >= 11 is 0. The van der Waals surface area contributed by atoms with Crippen molar-refractivity contribution in [3.63, 3.8) is 0 Å². The van der Waals surface area contributed by atoms with Gasteiger partial charge in [0.1, 0.15) is 48.5 Å². The molecule has 8 amide bonds. The van der Waals surface area contributed by atoms with Crippen molar-refractivity contribution >= 4 is 64.1 Å². The van der Waals surface area contributed by atoms with E-state index >= 15 is 0 Å². The maximum Gasteiger partial charge on any atom is 0.261 e. The molecule has 6 rings (SSSR count). The van der Waals surface area contributed by atoms with E-state index in [2.05, 4.69) is 57.2 Å². The van der Waals surface area contributed by atoms with Gasteiger partial charge in [-0.05, 0) is 117 Å². The molecule has 3 unspecified atom stereocenters. The fourth-order valence-corrected chi connectivity index (χ4v) is 11.0. The number of aliphatic imine (C=N–C) groups is 1. The van der Waals surface area contributed by atoms with Crippen LogP contribution >= 0.6 is 0 Å². The lowest BCUT2D eigenvalue weighted by Gasteiger charge is -2.35. The summed E-state index contributed by atoms with van der Waals surface area (Å²) in [6.45, 7) is 9.38. The lowest BCUT2D eigenvalue weighted by Crippen LogP contribution is -2.59. The van der Waals surface area contributed by atoms with Gasteiger partial charge in [0.25, 0.3) is 5.56 Å². The summed E-state index contributed by atoms with van der Waals surface area (Å²) in [5.41, 5.74) is 18.7. The van der Waals surface area contributed by atoms with Crippen LogP contribution in [-0.4, -0.2) is 152 Å². The minimum absolute atomic E-state index is 0.00423. The van der Waals surface area contributed by atoms with Crippen LogP contribution in [0.5, 0.6) is 5.75 Å². The number of unbranched alkanes of at least 4 members (excludes halogenated alkanes) is 1. The molecule has 0 spiro atoms. The molecule has 2 aliphatic rings. The molecule has 3 heterocycles. The summed E-state index contributed by atoms with van der Waals surface area (Å²) in [6.07, 6.45) is 8.06. The largest absolute Gasteiger partial charge is 0.508 e. The molecule has 26 heteroatoms. The average molecular weight is 1170 g/mol. The first-order valence-corrected chi connectivity index (χ1v) is 28.9. The van der Waals surface area contributed by atoms with E-state index in [0.717, 1.165) is 16.6 Å². The van der Waals surface area contributed by atoms with E-state index in [0.29, 0.717) is 68.4 Å². The van der Waals surface area contributed by atoms with Crippen LogP contribution in [0.2, 0.25) is 0 Å². The molecule has 2 aromatic heterocycles. The maximum atomic E-state index is 14.5. The second kappa shape index (κ2) is 30.8. The van der Waals surface area contributed by atoms with Gasteiger partial charge in [0.15, 0.2) is 5.96 Å². The van der Waals surface area contributed by atoms with Gasteiger partial charge in [-0.15, -0.1) is 0 Å². The second-order valence-electron chi connectivity index (χ2n) is 22.5. The zero-order chi connectivity index (χ0) is 61.2. The van der Waals surface area contributed by atoms with E-state index in [-0.39, 0.29) is 90.9 Å². The minimum Gasteiger partial charge on any atom is -0.508 e. The highest BCUT2D eigenvalue weighted by Gasteiger charge is 2.48. The number of aromatic nitrogens is 4. The SMILES string of the molecule is CC[C@H](C)[C@H](NC(C)=O)C(=O)N[C@@H](CCCCN)C(=O)N1CC2CC1CC2c1ccc2ncn(CC(=O)N[C@@H](CCCN=C(N)N)C(=O)N[C@@H](Cc3cnc[nH]3)C(=O)N[C@@H](Cc3ccc(O)cc3)C(=O)N[C@@H](CC(C)C)C(=O)NC)c(=O)c2c1. The van der Waals surface area contributed by atoms with Gasteiger partial charge >= 0.3 is 0 Å². The van der Waals surface area contributed by atoms with Gasteiger partial charge in [0.05, 0.1) is 23.6 Å². The normalized spacial score (nSPS) is 17.9. The van der Waals surface area contributed by atoms with Crippen LogP contribution in [0.25, 0.3) is 10.9 Å². The Hall–Kier alpha value is -8.42. The Bertz CT molecular complexity index is 3020. The molecule has 1 saturated heterocycles. The number of phenolic OH excluding ortho intramolecular Hbond substituents is 1. The van der Waals surface area contributed by atoms with Crippen molar-refractivity contribution in [3.05, 3.63) is 88.5 Å². The molecule has 15 N–H and O–H groups in total. The van der Waals surface area contributed by atoms with Crippen molar-refractivity contribution in [1.82, 2.24) is 61.6 Å². The number of guanidine groups is 1. The number of benzene rings is 2. The molecular formula is C58H84N16O10. The number of piperidine rings is 1. The highest BCUT2D eigenvalue weighted by Crippen LogP contribution is 2.48. The Balaban J connectivity index is 1.18. The van der Waals surface area contributed by atoms with Gasteiger partial charge in [-0.25, -0.2) is 9.97 Å². The van der Waals surface area contributed by atoms with Crippen molar-refractivity contribution < 1.29 is 43.5 Å². The lowest BCUT2D eigenvalue weighted by atomic mass is 9.86. The van der Waals surface area contributed by atoms with E-state index in [9.17, 15) is 48.3 Å². The van der Waals surface area contributed by atoms with Crippen LogP contribution in [0.1, 0.15) is 115 Å². The molecule has 0 radical (unpaired) electrons. The standard InChI is InChI=1S/C58H84N16O10/c1-7-33(4)50(67-34(5)75)55(82)69-45(11-8-9-19-59)57(84)74-28-37-23-39(74)26-41(37)36-15-18-43-42(24-36)56(83)73(31-66-43)29-49(77)68-44(12-10-20-64-58(60)61)52(79)72-48(25-38-27-63-30-65-38)54(81)71-47(22-35-13-16-40(76)17-14-35)53(80)70-46(21-32(2)3)51(78)62-6/h13-18,24,27,30-33,37,39,41,44-48,50,76H,7-12,19-23,25-26,28-29,59H2,1-6H3,(H,62,78)(H,63,65)(H,67,75)(H,68,77)(H,69,82)(H,70,80)(H,71,81)(H,72,79)(H4,60,61,64)/t33-,37?,39?,41?,44-,45-,46-,47-,48-,50-/m0/s1. The van der Waals surface area contributed by atoms with Crippen LogP contribution < -0.4 is 60.0 Å². The molecule has 1 saturated carbocycles. The number of carbonyl (C=O) groups excluding carboxylic acids is 8. The van der Waals surface area contributed by atoms with Crippen molar-refractivity contribution in [2.45, 2.75) is 160 Å². The molecule has 84 heavy (non-hydrogen) atoms. The number of hydrogen-bond acceptors (Lipinski definition) is 14. The number of nitrogens with two attached hydrogens (primary N) is 3. The van der Waals surface area contributed by atoms with Gasteiger partial charge in [-0.1, -0.05) is 52.3 Å². The highest BCUT2D eigenvalue weighted by atomic mass is 16.3. The second-order valence-corrected chi connectivity index (χ2v) is 22.5. The van der Waals surface area contributed by atoms with E-state index in [4.69, 9.17) is 17.2 Å². The van der Waals surface area contributed by atoms with Gasteiger partial charge in [-0.2, -0.15) is 0 Å². The molecule has 2 bridgehead atoms. The topological polar surface area (TPSA) is 398 Å². The number of imidazole rings is 1. The quantitative estimate of drug-likeness (QED) is 0.0179. The van der Waals surface area contributed by atoms with E-state index in [1.165, 1.54) is 45.0 Å². The van der Waals surface area contributed by atoms with E-state index < -0.39 is 83.8 Å².